The highest BCUT2D eigenvalue weighted by atomic mass is 16.5. The summed E-state index contributed by atoms with van der Waals surface area (Å²) in [6.45, 7) is 1.37. The zero-order chi connectivity index (χ0) is 24.6. The number of primary amides is 1. The number of aromatic nitrogens is 3. The summed E-state index contributed by atoms with van der Waals surface area (Å²) < 4.78 is 5.58. The Kier molecular flexibility index (Phi) is 5.59. The van der Waals surface area contributed by atoms with Crippen molar-refractivity contribution >= 4 is 34.4 Å². The molecule has 36 heavy (non-hydrogen) atoms. The highest BCUT2D eigenvalue weighted by molar-refractivity contribution is 6.14. The second-order valence-corrected chi connectivity index (χ2v) is 9.49. The molecule has 1 aromatic carbocycles. The predicted molar refractivity (Wildman–Crippen MR) is 136 cm³/mol. The van der Waals surface area contributed by atoms with E-state index in [2.05, 4.69) is 25.3 Å². The molecule has 6 rings (SSSR count). The quantitative estimate of drug-likeness (QED) is 0.423. The summed E-state index contributed by atoms with van der Waals surface area (Å²) in [4.78, 5) is 36.4. The molecule has 1 aliphatic carbocycles. The number of nitrogens with zero attached hydrogens (tertiary/aromatic N) is 4. The fourth-order valence-corrected chi connectivity index (χ4v) is 4.79. The Balaban J connectivity index is 1.29. The first-order chi connectivity index (χ1) is 17.6. The molecular formula is C27H26N6O3. The first-order valence-corrected chi connectivity index (χ1v) is 12.2. The Bertz CT molecular complexity index is 1430. The van der Waals surface area contributed by atoms with Gasteiger partial charge in [-0.3, -0.25) is 9.59 Å². The Morgan fingerprint density at radius 2 is 1.92 bits per heavy atom. The standard InChI is InChI=1S/C27H26N6O3/c28-25(34)18-7-4-12-33(15-18)22-11-10-19(14-29-22)30-26(35)20-13-21(16-8-9-16)31-27-23(20)24(32-36-27)17-5-2-1-3-6-17/h1-3,5-6,10-11,13-14,16,18H,4,7-9,12,15H2,(H2,28,34)(H,30,35). The molecule has 4 heterocycles. The van der Waals surface area contributed by atoms with E-state index < -0.39 is 0 Å². The first-order valence-electron chi connectivity index (χ1n) is 12.2. The summed E-state index contributed by atoms with van der Waals surface area (Å²) in [5.41, 5.74) is 9.22. The van der Waals surface area contributed by atoms with Crippen LogP contribution in [0, 0.1) is 5.92 Å². The molecule has 1 atom stereocenters. The number of hydrogen-bond acceptors (Lipinski definition) is 7. The van der Waals surface area contributed by atoms with E-state index in [1.807, 2.05) is 48.5 Å². The van der Waals surface area contributed by atoms with Crippen LogP contribution in [0.4, 0.5) is 11.5 Å². The van der Waals surface area contributed by atoms with Crippen LogP contribution in [0.25, 0.3) is 22.4 Å². The molecule has 2 aliphatic rings. The number of hydrogen-bond donors (Lipinski definition) is 2. The molecule has 1 saturated carbocycles. The van der Waals surface area contributed by atoms with Crippen LogP contribution in [0.2, 0.25) is 0 Å². The maximum absolute atomic E-state index is 13.5. The van der Waals surface area contributed by atoms with E-state index >= 15 is 0 Å². The Labute approximate surface area is 207 Å². The molecular weight excluding hydrogens is 456 g/mol. The molecule has 9 nitrogen and oxygen atoms in total. The second kappa shape index (κ2) is 9.07. The van der Waals surface area contributed by atoms with Gasteiger partial charge in [0, 0.05) is 30.3 Å². The summed E-state index contributed by atoms with van der Waals surface area (Å²) in [5, 5.41) is 7.82. The molecule has 3 N–H and O–H groups in total. The minimum absolute atomic E-state index is 0.169. The largest absolute Gasteiger partial charge is 0.369 e. The lowest BCUT2D eigenvalue weighted by atomic mass is 9.97. The van der Waals surface area contributed by atoms with Crippen LogP contribution >= 0.6 is 0 Å². The average Bonchev–Trinajstić information content (AvgIpc) is 3.68. The van der Waals surface area contributed by atoms with Crippen LogP contribution in [-0.2, 0) is 4.79 Å². The van der Waals surface area contributed by atoms with Gasteiger partial charge >= 0.3 is 0 Å². The number of pyridine rings is 2. The number of carbonyl (C=O) groups is 2. The van der Waals surface area contributed by atoms with Crippen molar-refractivity contribution in [1.29, 1.82) is 0 Å². The summed E-state index contributed by atoms with van der Waals surface area (Å²) in [7, 11) is 0. The second-order valence-electron chi connectivity index (χ2n) is 9.49. The van der Waals surface area contributed by atoms with Crippen LogP contribution in [0.3, 0.4) is 0 Å². The third kappa shape index (κ3) is 4.28. The lowest BCUT2D eigenvalue weighted by molar-refractivity contribution is -0.122. The van der Waals surface area contributed by atoms with Gasteiger partial charge in [0.15, 0.2) is 0 Å². The van der Waals surface area contributed by atoms with Gasteiger partial charge in [0.25, 0.3) is 11.6 Å². The number of fused-ring (bicyclic) bond motifs is 1. The van der Waals surface area contributed by atoms with Crippen molar-refractivity contribution in [1.82, 2.24) is 15.1 Å². The molecule has 4 aromatic rings. The van der Waals surface area contributed by atoms with Crippen molar-refractivity contribution in [3.63, 3.8) is 0 Å². The van der Waals surface area contributed by atoms with Crippen LogP contribution in [0.15, 0.2) is 59.3 Å². The molecule has 182 valence electrons. The van der Waals surface area contributed by atoms with Gasteiger partial charge in [0.2, 0.25) is 5.91 Å². The van der Waals surface area contributed by atoms with Gasteiger partial charge in [-0.25, -0.2) is 9.97 Å². The van der Waals surface area contributed by atoms with E-state index in [0.717, 1.165) is 49.3 Å². The van der Waals surface area contributed by atoms with Crippen molar-refractivity contribution in [3.05, 3.63) is 66.0 Å². The molecule has 3 aromatic heterocycles. The topological polar surface area (TPSA) is 127 Å². The van der Waals surface area contributed by atoms with Crippen molar-refractivity contribution in [2.75, 3.05) is 23.3 Å². The normalized spacial score (nSPS) is 17.8. The predicted octanol–water partition coefficient (Wildman–Crippen LogP) is 4.12. The van der Waals surface area contributed by atoms with Gasteiger partial charge in [-0.1, -0.05) is 35.5 Å². The molecule has 1 aliphatic heterocycles. The number of rotatable bonds is 6. The van der Waals surface area contributed by atoms with E-state index in [9.17, 15) is 9.59 Å². The molecule has 0 spiro atoms. The minimum Gasteiger partial charge on any atom is -0.369 e. The van der Waals surface area contributed by atoms with Crippen LogP contribution < -0.4 is 16.0 Å². The van der Waals surface area contributed by atoms with E-state index in [0.29, 0.717) is 40.5 Å². The van der Waals surface area contributed by atoms with Crippen molar-refractivity contribution in [2.24, 2.45) is 11.7 Å². The van der Waals surface area contributed by atoms with E-state index in [4.69, 9.17) is 10.3 Å². The summed E-state index contributed by atoms with van der Waals surface area (Å²) >= 11 is 0. The highest BCUT2D eigenvalue weighted by Crippen LogP contribution is 2.41. The maximum atomic E-state index is 13.5. The van der Waals surface area contributed by atoms with E-state index in [1.54, 1.807) is 6.20 Å². The van der Waals surface area contributed by atoms with Crippen LogP contribution in [-0.4, -0.2) is 40.0 Å². The monoisotopic (exact) mass is 482 g/mol. The number of amides is 2. The van der Waals surface area contributed by atoms with Gasteiger partial charge in [0.05, 0.1) is 28.8 Å². The lowest BCUT2D eigenvalue weighted by Gasteiger charge is -2.32. The molecule has 0 radical (unpaired) electrons. The Morgan fingerprint density at radius 3 is 2.64 bits per heavy atom. The Morgan fingerprint density at radius 1 is 1.08 bits per heavy atom. The third-order valence-corrected chi connectivity index (χ3v) is 6.91. The fraction of sp³-hybridized carbons (Fsp3) is 0.296. The van der Waals surface area contributed by atoms with Crippen molar-refractivity contribution in [2.45, 2.75) is 31.6 Å². The van der Waals surface area contributed by atoms with Gasteiger partial charge in [-0.15, -0.1) is 0 Å². The molecule has 1 saturated heterocycles. The molecule has 0 bridgehead atoms. The van der Waals surface area contributed by atoms with Gasteiger partial charge < -0.3 is 20.5 Å². The van der Waals surface area contributed by atoms with Gasteiger partial charge in [-0.2, -0.15) is 0 Å². The minimum atomic E-state index is -0.276. The number of carbonyl (C=O) groups excluding carboxylic acids is 2. The molecule has 2 fully saturated rings. The zero-order valence-corrected chi connectivity index (χ0v) is 19.7. The molecule has 2 amide bonds. The highest BCUT2D eigenvalue weighted by Gasteiger charge is 2.30. The van der Waals surface area contributed by atoms with Crippen LogP contribution in [0.5, 0.6) is 0 Å². The smallest absolute Gasteiger partial charge is 0.259 e. The Hall–Kier alpha value is -4.27. The number of piperidine rings is 1. The van der Waals surface area contributed by atoms with E-state index in [1.165, 1.54) is 0 Å². The van der Waals surface area contributed by atoms with Crippen molar-refractivity contribution in [3.8, 4) is 11.3 Å². The summed E-state index contributed by atoms with van der Waals surface area (Å²) in [5.74, 6) is 0.386. The lowest BCUT2D eigenvalue weighted by Crippen LogP contribution is -2.41. The van der Waals surface area contributed by atoms with Crippen molar-refractivity contribution < 1.29 is 14.1 Å². The summed E-state index contributed by atoms with van der Waals surface area (Å²) in [6.07, 6.45) is 5.43. The van der Waals surface area contributed by atoms with Gasteiger partial charge in [0.1, 0.15) is 11.5 Å². The number of benzene rings is 1. The first kappa shape index (κ1) is 22.2. The maximum Gasteiger partial charge on any atom is 0.259 e. The summed E-state index contributed by atoms with van der Waals surface area (Å²) in [6, 6.07) is 15.2. The fourth-order valence-electron chi connectivity index (χ4n) is 4.79. The van der Waals surface area contributed by atoms with Gasteiger partial charge in [-0.05, 0) is 43.9 Å². The number of anilines is 2. The average molecular weight is 483 g/mol. The van der Waals surface area contributed by atoms with Crippen LogP contribution in [0.1, 0.15) is 47.7 Å². The number of nitrogens with two attached hydrogens (primary N) is 1. The molecule has 1 unspecified atom stereocenters. The molecule has 9 heteroatoms. The number of nitrogens with one attached hydrogen (secondary N) is 1. The SMILES string of the molecule is NC(=O)C1CCCN(c2ccc(NC(=O)c3cc(C4CC4)nc4onc(-c5ccccc5)c34)cn2)C1. The zero-order valence-electron chi connectivity index (χ0n) is 19.7. The van der Waals surface area contributed by atoms with E-state index in [-0.39, 0.29) is 17.7 Å². The third-order valence-electron chi connectivity index (χ3n) is 6.91.